The van der Waals surface area contributed by atoms with Crippen molar-refractivity contribution >= 4 is 47.8 Å². The van der Waals surface area contributed by atoms with E-state index in [1.807, 2.05) is 18.2 Å². The number of rotatable bonds is 14. The van der Waals surface area contributed by atoms with E-state index >= 15 is 0 Å². The minimum Gasteiger partial charge on any atom is -0.461 e. The van der Waals surface area contributed by atoms with E-state index in [0.717, 1.165) is 31.1 Å². The first-order valence-corrected chi connectivity index (χ1v) is 20.7. The van der Waals surface area contributed by atoms with Crippen LogP contribution in [0, 0.1) is 28.6 Å². The standard InChI is InChI=1S/C40H47N6O10P/c1-23(2)36(47)53-33-31(55-40(21-41,34(33)54-37(48)24(3)4)32-15-14-29-35(42)43-22-44-46(29)32)20-51-57(50,56-30-13-8-11-26-10-6-7-12-28(26)30)45-25(5)38(49)52-27-18-39(19-27)16-9-17-39/h6-8,10-15,22-25,27,31,33-34H,9,16-20H2,1-5H3,(H,45,50)(H2,42,43,44)/t25-,31+,33+,34+,40?,57?/m0/s1. The van der Waals surface area contributed by atoms with Gasteiger partial charge >= 0.3 is 25.7 Å². The van der Waals surface area contributed by atoms with Crippen LogP contribution in [0.1, 0.15) is 72.4 Å². The summed E-state index contributed by atoms with van der Waals surface area (Å²) in [5.41, 5.74) is 4.64. The minimum atomic E-state index is -4.57. The van der Waals surface area contributed by atoms with Gasteiger partial charge in [-0.3, -0.25) is 18.9 Å². The molecular formula is C40H47N6O10P. The van der Waals surface area contributed by atoms with Gasteiger partial charge in [0, 0.05) is 5.39 Å². The second-order valence-electron chi connectivity index (χ2n) is 15.8. The number of anilines is 1. The van der Waals surface area contributed by atoms with Gasteiger partial charge in [0.05, 0.1) is 24.1 Å². The van der Waals surface area contributed by atoms with Gasteiger partial charge in [-0.05, 0) is 61.6 Å². The number of nitriles is 1. The fourth-order valence-electron chi connectivity index (χ4n) is 7.63. The maximum Gasteiger partial charge on any atom is 0.459 e. The lowest BCUT2D eigenvalue weighted by Crippen LogP contribution is -2.49. The summed E-state index contributed by atoms with van der Waals surface area (Å²) in [4.78, 5) is 44.0. The highest BCUT2D eigenvalue weighted by Crippen LogP contribution is 2.57. The zero-order valence-corrected chi connectivity index (χ0v) is 33.3. The number of carbonyl (C=O) groups is 3. The molecule has 2 aliphatic carbocycles. The Kier molecular flexibility index (Phi) is 11.1. The lowest BCUT2D eigenvalue weighted by Gasteiger charge is -2.53. The number of nitrogen functional groups attached to an aromatic ring is 1. The number of nitrogens with two attached hydrogens (primary N) is 1. The van der Waals surface area contributed by atoms with Gasteiger partial charge in [-0.2, -0.15) is 15.4 Å². The van der Waals surface area contributed by atoms with E-state index in [0.29, 0.717) is 10.9 Å². The second kappa shape index (κ2) is 15.7. The van der Waals surface area contributed by atoms with Crippen LogP contribution in [-0.2, 0) is 48.0 Å². The van der Waals surface area contributed by atoms with Gasteiger partial charge < -0.3 is 29.2 Å². The first-order valence-electron chi connectivity index (χ1n) is 19.2. The molecule has 0 bridgehead atoms. The number of ether oxygens (including phenoxy) is 4. The van der Waals surface area contributed by atoms with Crippen LogP contribution < -0.4 is 15.3 Å². The van der Waals surface area contributed by atoms with Gasteiger partial charge in [0.1, 0.15) is 41.9 Å². The highest BCUT2D eigenvalue weighted by atomic mass is 31.2. The Hall–Kier alpha value is -5.07. The third kappa shape index (κ3) is 7.81. The van der Waals surface area contributed by atoms with Crippen molar-refractivity contribution < 1.29 is 46.9 Å². The van der Waals surface area contributed by atoms with Crippen molar-refractivity contribution in [2.24, 2.45) is 17.3 Å². The van der Waals surface area contributed by atoms with Crippen LogP contribution >= 0.6 is 7.75 Å². The summed E-state index contributed by atoms with van der Waals surface area (Å²) < 4.78 is 52.8. The fraction of sp³-hybridized carbons (Fsp3) is 0.500. The maximum absolute atomic E-state index is 15.0. The molecule has 17 heteroatoms. The highest BCUT2D eigenvalue weighted by Gasteiger charge is 2.63. The molecule has 2 saturated carbocycles. The molecule has 2 aromatic carbocycles. The molecule has 0 amide bonds. The van der Waals surface area contributed by atoms with Crippen LogP contribution in [0.4, 0.5) is 5.82 Å². The van der Waals surface area contributed by atoms with Crippen LogP contribution in [0.25, 0.3) is 16.3 Å². The molecule has 302 valence electrons. The molecule has 3 aliphatic rings. The van der Waals surface area contributed by atoms with Crippen LogP contribution in [0.5, 0.6) is 5.75 Å². The lowest BCUT2D eigenvalue weighted by atomic mass is 9.55. The van der Waals surface area contributed by atoms with Gasteiger partial charge in [0.15, 0.2) is 18.0 Å². The molecule has 3 N–H and O–H groups in total. The summed E-state index contributed by atoms with van der Waals surface area (Å²) in [6, 6.07) is 16.6. The van der Waals surface area contributed by atoms with Gasteiger partial charge in [0.25, 0.3) is 0 Å². The molecule has 4 aromatic rings. The summed E-state index contributed by atoms with van der Waals surface area (Å²) in [5.74, 6) is -3.03. The van der Waals surface area contributed by atoms with E-state index in [1.165, 1.54) is 30.3 Å². The molecule has 3 fully saturated rings. The van der Waals surface area contributed by atoms with E-state index in [1.54, 1.807) is 58.0 Å². The molecule has 6 atom stereocenters. The summed E-state index contributed by atoms with van der Waals surface area (Å²) in [6.07, 6.45) is 1.51. The van der Waals surface area contributed by atoms with Crippen molar-refractivity contribution in [1.29, 1.82) is 5.26 Å². The number of benzene rings is 2. The number of aromatic nitrogens is 3. The number of carbonyl (C=O) groups excluding carboxylic acids is 3. The van der Waals surface area contributed by atoms with E-state index in [4.69, 9.17) is 33.7 Å². The van der Waals surface area contributed by atoms with Gasteiger partial charge in [-0.15, -0.1) is 0 Å². The Morgan fingerprint density at radius 2 is 1.68 bits per heavy atom. The van der Waals surface area contributed by atoms with Crippen LogP contribution in [0.3, 0.4) is 0 Å². The molecule has 0 radical (unpaired) electrons. The molecule has 16 nitrogen and oxygen atoms in total. The van der Waals surface area contributed by atoms with E-state index in [9.17, 15) is 24.2 Å². The van der Waals surface area contributed by atoms with Crippen molar-refractivity contribution in [2.75, 3.05) is 12.3 Å². The van der Waals surface area contributed by atoms with Gasteiger partial charge in [-0.25, -0.2) is 14.1 Å². The monoisotopic (exact) mass is 802 g/mol. The Labute approximate surface area is 329 Å². The highest BCUT2D eigenvalue weighted by molar-refractivity contribution is 7.52. The van der Waals surface area contributed by atoms with E-state index in [2.05, 4.69) is 21.2 Å². The lowest BCUT2D eigenvalue weighted by molar-refractivity contribution is -0.173. The molecule has 57 heavy (non-hydrogen) atoms. The first-order chi connectivity index (χ1) is 27.2. The Morgan fingerprint density at radius 3 is 2.37 bits per heavy atom. The number of hydrogen-bond acceptors (Lipinski definition) is 14. The summed E-state index contributed by atoms with van der Waals surface area (Å²) in [7, 11) is -4.57. The van der Waals surface area contributed by atoms with Crippen molar-refractivity contribution in [2.45, 2.75) is 103 Å². The minimum absolute atomic E-state index is 0.0908. The molecule has 2 unspecified atom stereocenters. The topological polar surface area (TPSA) is 216 Å². The SMILES string of the molecule is CC(C)C(=O)O[C@H]1[C@@H](OC(=O)C(C)C)C(C#N)(c2ccc3c(N)ncnn23)O[C@@H]1COP(=O)(N[C@@H](C)C(=O)OC1CC2(CCC2)C1)Oc1cccc2ccccc12. The number of nitrogens with zero attached hydrogens (tertiary/aromatic N) is 4. The molecule has 1 aliphatic heterocycles. The third-order valence-electron chi connectivity index (χ3n) is 11.0. The van der Waals surface area contributed by atoms with Gasteiger partial charge in [-0.1, -0.05) is 70.5 Å². The van der Waals surface area contributed by atoms with Crippen molar-refractivity contribution in [1.82, 2.24) is 19.7 Å². The first kappa shape index (κ1) is 40.1. The van der Waals surface area contributed by atoms with E-state index < -0.39 is 74.1 Å². The van der Waals surface area contributed by atoms with Crippen LogP contribution in [-0.4, -0.2) is 69.6 Å². The van der Waals surface area contributed by atoms with Crippen molar-refractivity contribution in [3.63, 3.8) is 0 Å². The molecule has 7 rings (SSSR count). The maximum atomic E-state index is 15.0. The number of esters is 3. The van der Waals surface area contributed by atoms with E-state index in [-0.39, 0.29) is 28.8 Å². The summed E-state index contributed by atoms with van der Waals surface area (Å²) in [5, 5.41) is 19.4. The predicted molar refractivity (Wildman–Crippen MR) is 205 cm³/mol. The molecule has 3 heterocycles. The third-order valence-corrected chi connectivity index (χ3v) is 12.6. The normalized spacial score (nSPS) is 24.4. The Balaban J connectivity index is 1.23. The average molecular weight is 803 g/mol. The second-order valence-corrected chi connectivity index (χ2v) is 17.5. The zero-order chi connectivity index (χ0) is 40.7. The Bertz CT molecular complexity index is 2260. The molecule has 1 saturated heterocycles. The van der Waals surface area contributed by atoms with Crippen molar-refractivity contribution in [3.05, 3.63) is 66.6 Å². The zero-order valence-electron chi connectivity index (χ0n) is 32.5. The van der Waals surface area contributed by atoms with Crippen molar-refractivity contribution in [3.8, 4) is 11.8 Å². The average Bonchev–Trinajstić information content (AvgIpc) is 3.71. The number of nitrogens with one attached hydrogen (secondary N) is 1. The van der Waals surface area contributed by atoms with Crippen LogP contribution in [0.15, 0.2) is 60.9 Å². The quantitative estimate of drug-likeness (QED) is 0.0878. The summed E-state index contributed by atoms with van der Waals surface area (Å²) >= 11 is 0. The molecule has 1 spiro atoms. The Morgan fingerprint density at radius 1 is 0.982 bits per heavy atom. The van der Waals surface area contributed by atoms with Gasteiger partial charge in [0.2, 0.25) is 5.60 Å². The smallest absolute Gasteiger partial charge is 0.459 e. The largest absolute Gasteiger partial charge is 0.461 e. The number of hydrogen-bond donors (Lipinski definition) is 2. The summed E-state index contributed by atoms with van der Waals surface area (Å²) in [6.45, 7) is 7.30. The fourth-order valence-corrected chi connectivity index (χ4v) is 9.15. The predicted octanol–water partition coefficient (Wildman–Crippen LogP) is 5.78. The molecular weight excluding hydrogens is 755 g/mol. The van der Waals surface area contributed by atoms with Crippen LogP contribution in [0.2, 0.25) is 0 Å². The molecule has 2 aromatic heterocycles. The number of fused-ring (bicyclic) bond motifs is 2.